The second kappa shape index (κ2) is 11.3. The molecule has 2 aromatic rings. The van der Waals surface area contributed by atoms with Crippen LogP contribution in [0.2, 0.25) is 0 Å². The van der Waals surface area contributed by atoms with Crippen LogP contribution in [0, 0.1) is 0 Å². The summed E-state index contributed by atoms with van der Waals surface area (Å²) < 4.78 is 18.7. The lowest BCUT2D eigenvalue weighted by Crippen LogP contribution is -2.29. The monoisotopic (exact) mass is 460 g/mol. The van der Waals surface area contributed by atoms with Gasteiger partial charge in [-0.25, -0.2) is 9.48 Å². The molecule has 8 nitrogen and oxygen atoms in total. The van der Waals surface area contributed by atoms with E-state index in [1.165, 1.54) is 0 Å². The van der Waals surface area contributed by atoms with Crippen LogP contribution in [0.3, 0.4) is 0 Å². The Morgan fingerprint density at radius 3 is 2.62 bits per heavy atom. The lowest BCUT2D eigenvalue weighted by atomic mass is 9.95. The van der Waals surface area contributed by atoms with Gasteiger partial charge >= 0.3 is 5.97 Å². The first-order chi connectivity index (χ1) is 15.5. The molecule has 32 heavy (non-hydrogen) atoms. The molecule has 3 rings (SSSR count). The van der Waals surface area contributed by atoms with Gasteiger partial charge in [-0.05, 0) is 43.9 Å². The van der Waals surface area contributed by atoms with Crippen LogP contribution in [0.15, 0.2) is 34.6 Å². The van der Waals surface area contributed by atoms with Gasteiger partial charge < -0.3 is 19.5 Å². The Bertz CT molecular complexity index is 973. The van der Waals surface area contributed by atoms with E-state index in [0.717, 1.165) is 30.6 Å². The van der Waals surface area contributed by atoms with Gasteiger partial charge in [-0.2, -0.15) is 4.98 Å². The summed E-state index contributed by atoms with van der Waals surface area (Å²) in [4.78, 5) is 17.7. The van der Waals surface area contributed by atoms with Crippen LogP contribution >= 0.6 is 11.8 Å². The van der Waals surface area contributed by atoms with Gasteiger partial charge in [0.15, 0.2) is 11.5 Å². The minimum Gasteiger partial charge on any atom is -0.493 e. The molecule has 1 aliphatic heterocycles. The van der Waals surface area contributed by atoms with E-state index in [0.29, 0.717) is 47.1 Å². The highest BCUT2D eigenvalue weighted by atomic mass is 32.2. The largest absolute Gasteiger partial charge is 0.493 e. The number of fused-ring (bicyclic) bond motifs is 1. The highest BCUT2D eigenvalue weighted by Crippen LogP contribution is 2.39. The van der Waals surface area contributed by atoms with Crippen molar-refractivity contribution in [2.45, 2.75) is 58.2 Å². The lowest BCUT2D eigenvalue weighted by molar-refractivity contribution is -0.139. The Morgan fingerprint density at radius 2 is 1.94 bits per heavy atom. The van der Waals surface area contributed by atoms with Gasteiger partial charge in [-0.1, -0.05) is 38.6 Å². The molecular weight excluding hydrogens is 428 g/mol. The summed E-state index contributed by atoms with van der Waals surface area (Å²) in [6.07, 6.45) is 2.67. The molecule has 0 fully saturated rings. The minimum atomic E-state index is -0.492. The molecule has 1 N–H and O–H groups in total. The SMILES string of the molecule is CCCOC(=O)C1=C(C)Nc2nc(SCCC)nn2C1c1ccc(OCCC)c(OC)c1. The Balaban J connectivity index is 2.07. The molecule has 0 aliphatic carbocycles. The lowest BCUT2D eigenvalue weighted by Gasteiger charge is -2.28. The molecule has 9 heteroatoms. The Morgan fingerprint density at radius 1 is 1.16 bits per heavy atom. The van der Waals surface area contributed by atoms with Crippen molar-refractivity contribution in [2.75, 3.05) is 31.4 Å². The van der Waals surface area contributed by atoms with Crippen molar-refractivity contribution in [3.63, 3.8) is 0 Å². The van der Waals surface area contributed by atoms with Crippen LogP contribution in [0.5, 0.6) is 11.5 Å². The standard InChI is InChI=1S/C23H32N4O4S/c1-6-11-30-17-10-9-16(14-18(17)29-5)20-19(21(28)31-12-7-2)15(4)24-22-25-23(26-27(20)22)32-13-8-3/h9-10,14,20H,6-8,11-13H2,1-5H3,(H,24,25,26). The molecular formula is C23H32N4O4S. The van der Waals surface area contributed by atoms with E-state index in [9.17, 15) is 4.79 Å². The summed E-state index contributed by atoms with van der Waals surface area (Å²) in [6.45, 7) is 8.96. The van der Waals surface area contributed by atoms with Crippen molar-refractivity contribution in [3.05, 3.63) is 35.0 Å². The number of aromatic nitrogens is 3. The number of carbonyl (C=O) groups excluding carboxylic acids is 1. The van der Waals surface area contributed by atoms with Crippen molar-refractivity contribution in [1.82, 2.24) is 14.8 Å². The number of hydrogen-bond donors (Lipinski definition) is 1. The topological polar surface area (TPSA) is 87.5 Å². The maximum atomic E-state index is 13.1. The molecule has 0 saturated heterocycles. The molecule has 0 saturated carbocycles. The molecule has 0 spiro atoms. The average molecular weight is 461 g/mol. The molecule has 174 valence electrons. The van der Waals surface area contributed by atoms with E-state index in [4.69, 9.17) is 19.3 Å². The number of methoxy groups -OCH3 is 1. The summed E-state index contributed by atoms with van der Waals surface area (Å²) in [5.41, 5.74) is 2.05. The highest BCUT2D eigenvalue weighted by molar-refractivity contribution is 7.99. The van der Waals surface area contributed by atoms with Crippen molar-refractivity contribution in [2.24, 2.45) is 0 Å². The van der Waals surface area contributed by atoms with Gasteiger partial charge in [0.05, 0.1) is 25.9 Å². The fraction of sp³-hybridized carbons (Fsp3) is 0.522. The summed E-state index contributed by atoms with van der Waals surface area (Å²) in [5.74, 6) is 2.43. The van der Waals surface area contributed by atoms with Gasteiger partial charge in [0, 0.05) is 11.4 Å². The predicted molar refractivity (Wildman–Crippen MR) is 126 cm³/mol. The Labute approximate surface area is 193 Å². The molecule has 1 aliphatic rings. The number of anilines is 1. The molecule has 0 amide bonds. The fourth-order valence-corrected chi connectivity index (χ4v) is 4.10. The first-order valence-corrected chi connectivity index (χ1v) is 12.1. The van der Waals surface area contributed by atoms with E-state index < -0.39 is 6.04 Å². The van der Waals surface area contributed by atoms with Crippen molar-refractivity contribution >= 4 is 23.7 Å². The number of benzene rings is 1. The van der Waals surface area contributed by atoms with Crippen LogP contribution in [0.4, 0.5) is 5.95 Å². The molecule has 1 atom stereocenters. The maximum Gasteiger partial charge on any atom is 0.338 e. The zero-order chi connectivity index (χ0) is 23.1. The number of allylic oxidation sites excluding steroid dienone is 1. The third-order valence-electron chi connectivity index (χ3n) is 4.89. The quantitative estimate of drug-likeness (QED) is 0.377. The van der Waals surface area contributed by atoms with E-state index in [1.54, 1.807) is 23.6 Å². The van der Waals surface area contributed by atoms with Crippen LogP contribution in [0.1, 0.15) is 58.6 Å². The highest BCUT2D eigenvalue weighted by Gasteiger charge is 2.35. The first kappa shape index (κ1) is 24.0. The molecule has 1 aromatic heterocycles. The number of carbonyl (C=O) groups is 1. The third kappa shape index (κ3) is 5.20. The first-order valence-electron chi connectivity index (χ1n) is 11.1. The van der Waals surface area contributed by atoms with Crippen molar-refractivity contribution < 1.29 is 19.0 Å². The van der Waals surface area contributed by atoms with E-state index in [1.807, 2.05) is 32.0 Å². The molecule has 1 unspecified atom stereocenters. The van der Waals surface area contributed by atoms with E-state index >= 15 is 0 Å². The van der Waals surface area contributed by atoms with Gasteiger partial charge in [0.1, 0.15) is 6.04 Å². The summed E-state index contributed by atoms with van der Waals surface area (Å²) in [5, 5.41) is 8.62. The van der Waals surface area contributed by atoms with Gasteiger partial charge in [-0.15, -0.1) is 5.10 Å². The fourth-order valence-electron chi connectivity index (χ4n) is 3.42. The van der Waals surface area contributed by atoms with E-state index in [2.05, 4.69) is 24.1 Å². The summed E-state index contributed by atoms with van der Waals surface area (Å²) in [7, 11) is 1.61. The second-order valence-electron chi connectivity index (χ2n) is 7.47. The number of nitrogens with one attached hydrogen (secondary N) is 1. The number of rotatable bonds is 11. The van der Waals surface area contributed by atoms with Crippen LogP contribution < -0.4 is 14.8 Å². The molecule has 0 radical (unpaired) electrons. The number of esters is 1. The maximum absolute atomic E-state index is 13.1. The number of ether oxygens (including phenoxy) is 3. The second-order valence-corrected chi connectivity index (χ2v) is 8.53. The van der Waals surface area contributed by atoms with Crippen LogP contribution in [0.25, 0.3) is 0 Å². The normalized spacial score (nSPS) is 15.2. The van der Waals surface area contributed by atoms with Crippen LogP contribution in [-0.4, -0.2) is 46.8 Å². The van der Waals surface area contributed by atoms with Crippen molar-refractivity contribution in [1.29, 1.82) is 0 Å². The smallest absolute Gasteiger partial charge is 0.338 e. The van der Waals surface area contributed by atoms with Gasteiger partial charge in [0.2, 0.25) is 11.1 Å². The van der Waals surface area contributed by atoms with E-state index in [-0.39, 0.29) is 5.97 Å². The Kier molecular flexibility index (Phi) is 8.44. The zero-order valence-corrected chi connectivity index (χ0v) is 20.3. The molecule has 1 aromatic carbocycles. The minimum absolute atomic E-state index is 0.358. The number of hydrogen-bond acceptors (Lipinski definition) is 8. The summed E-state index contributed by atoms with van der Waals surface area (Å²) in [6, 6.07) is 5.22. The van der Waals surface area contributed by atoms with Gasteiger partial charge in [-0.3, -0.25) is 0 Å². The zero-order valence-electron chi connectivity index (χ0n) is 19.4. The third-order valence-corrected chi connectivity index (χ3v) is 5.93. The van der Waals surface area contributed by atoms with Gasteiger partial charge in [0.25, 0.3) is 0 Å². The van der Waals surface area contributed by atoms with Crippen LogP contribution in [-0.2, 0) is 9.53 Å². The number of nitrogens with zero attached hydrogens (tertiary/aromatic N) is 3. The summed E-state index contributed by atoms with van der Waals surface area (Å²) >= 11 is 1.59. The Hall–Kier alpha value is -2.68. The molecule has 0 bridgehead atoms. The molecule has 2 heterocycles. The average Bonchev–Trinajstić information content (AvgIpc) is 3.21. The van der Waals surface area contributed by atoms with Crippen molar-refractivity contribution in [3.8, 4) is 11.5 Å². The number of thioether (sulfide) groups is 1. The predicted octanol–water partition coefficient (Wildman–Crippen LogP) is 4.82.